The van der Waals surface area contributed by atoms with E-state index in [0.29, 0.717) is 19.4 Å². The molecule has 1 heterocycles. The number of hydrogen-bond donors (Lipinski definition) is 1. The number of methoxy groups -OCH3 is 1. The molecular formula is C15H18F2N2O4. The number of carbonyl (C=O) groups is 2. The minimum atomic E-state index is -3.09. The van der Waals surface area contributed by atoms with Crippen LogP contribution in [0.5, 0.6) is 11.5 Å². The second-order valence-electron chi connectivity index (χ2n) is 5.21. The number of likely N-dealkylation sites (tertiary alicyclic amines) is 1. The number of halogens is 2. The van der Waals surface area contributed by atoms with Gasteiger partial charge in [0.25, 0.3) is 5.91 Å². The number of carbonyl (C=O) groups excluding carboxylic acids is 2. The molecular weight excluding hydrogens is 310 g/mol. The van der Waals surface area contributed by atoms with Gasteiger partial charge in [-0.25, -0.2) is 0 Å². The number of alkyl halides is 2. The normalized spacial score (nSPS) is 17.9. The van der Waals surface area contributed by atoms with E-state index in [0.717, 1.165) is 0 Å². The van der Waals surface area contributed by atoms with Crippen LogP contribution < -0.4 is 15.2 Å². The highest BCUT2D eigenvalue weighted by Crippen LogP contribution is 2.34. The average Bonchev–Trinajstić information content (AvgIpc) is 2.54. The van der Waals surface area contributed by atoms with Gasteiger partial charge in [0.1, 0.15) is 0 Å². The summed E-state index contributed by atoms with van der Waals surface area (Å²) in [4.78, 5) is 25.4. The van der Waals surface area contributed by atoms with Crippen molar-refractivity contribution in [2.45, 2.75) is 19.5 Å². The number of hydrogen-bond acceptors (Lipinski definition) is 4. The first-order valence-electron chi connectivity index (χ1n) is 7.14. The van der Waals surface area contributed by atoms with Crippen LogP contribution in [0.3, 0.4) is 0 Å². The summed E-state index contributed by atoms with van der Waals surface area (Å²) < 4.78 is 34.7. The Labute approximate surface area is 132 Å². The van der Waals surface area contributed by atoms with E-state index < -0.39 is 24.3 Å². The second-order valence-corrected chi connectivity index (χ2v) is 5.21. The van der Waals surface area contributed by atoms with E-state index in [9.17, 15) is 18.4 Å². The molecule has 1 aromatic rings. The van der Waals surface area contributed by atoms with E-state index in [1.807, 2.05) is 0 Å². The van der Waals surface area contributed by atoms with E-state index in [1.54, 1.807) is 0 Å². The van der Waals surface area contributed by atoms with Crippen molar-refractivity contribution in [3.05, 3.63) is 23.8 Å². The van der Waals surface area contributed by atoms with Crippen LogP contribution in [0.4, 0.5) is 8.78 Å². The summed E-state index contributed by atoms with van der Waals surface area (Å²) in [6.45, 7) is -2.49. The third kappa shape index (κ3) is 3.88. The molecule has 0 spiro atoms. The Morgan fingerprint density at radius 3 is 2.74 bits per heavy atom. The molecule has 8 heteroatoms. The highest BCUT2D eigenvalue weighted by molar-refractivity contribution is 5.98. The fraction of sp³-hybridized carbons (Fsp3) is 0.467. The van der Waals surface area contributed by atoms with E-state index in [4.69, 9.17) is 10.5 Å². The fourth-order valence-electron chi connectivity index (χ4n) is 2.62. The molecule has 2 amide bonds. The SMILES string of the molecule is COc1cccc(C(=O)N2CCC[C@H](C(N)=O)C2)c1OC(F)F. The minimum absolute atomic E-state index is 0.0326. The number of rotatable bonds is 5. The molecule has 0 saturated carbocycles. The number of nitrogens with zero attached hydrogens (tertiary/aromatic N) is 1. The lowest BCUT2D eigenvalue weighted by Gasteiger charge is -2.31. The van der Waals surface area contributed by atoms with Gasteiger partial charge < -0.3 is 20.1 Å². The van der Waals surface area contributed by atoms with Gasteiger partial charge in [-0.1, -0.05) is 6.07 Å². The molecule has 1 atom stereocenters. The molecule has 1 aliphatic rings. The molecule has 1 aliphatic heterocycles. The molecule has 6 nitrogen and oxygen atoms in total. The third-order valence-electron chi connectivity index (χ3n) is 3.75. The van der Waals surface area contributed by atoms with Crippen LogP contribution in [0.15, 0.2) is 18.2 Å². The van der Waals surface area contributed by atoms with Gasteiger partial charge in [-0.15, -0.1) is 0 Å². The predicted octanol–water partition coefficient (Wildman–Crippen LogP) is 1.63. The van der Waals surface area contributed by atoms with Gasteiger partial charge in [-0.3, -0.25) is 9.59 Å². The van der Waals surface area contributed by atoms with Crippen LogP contribution >= 0.6 is 0 Å². The molecule has 0 radical (unpaired) electrons. The van der Waals surface area contributed by atoms with Crippen molar-refractivity contribution in [3.63, 3.8) is 0 Å². The van der Waals surface area contributed by atoms with Gasteiger partial charge in [0.05, 0.1) is 18.6 Å². The van der Waals surface area contributed by atoms with Gasteiger partial charge in [-0.05, 0) is 25.0 Å². The first kappa shape index (κ1) is 17.0. The molecule has 23 heavy (non-hydrogen) atoms. The van der Waals surface area contributed by atoms with Gasteiger partial charge in [-0.2, -0.15) is 8.78 Å². The van der Waals surface area contributed by atoms with Crippen molar-refractivity contribution in [1.29, 1.82) is 0 Å². The Bertz CT molecular complexity index is 595. The van der Waals surface area contributed by atoms with E-state index in [2.05, 4.69) is 4.74 Å². The lowest BCUT2D eigenvalue weighted by Crippen LogP contribution is -2.44. The van der Waals surface area contributed by atoms with E-state index in [-0.39, 0.29) is 23.6 Å². The van der Waals surface area contributed by atoms with Crippen LogP contribution in [0.2, 0.25) is 0 Å². The largest absolute Gasteiger partial charge is 0.493 e. The minimum Gasteiger partial charge on any atom is -0.493 e. The zero-order valence-corrected chi connectivity index (χ0v) is 12.6. The Morgan fingerprint density at radius 1 is 1.39 bits per heavy atom. The lowest BCUT2D eigenvalue weighted by atomic mass is 9.96. The summed E-state index contributed by atoms with van der Waals surface area (Å²) in [5, 5.41) is 0. The van der Waals surface area contributed by atoms with Gasteiger partial charge in [0.15, 0.2) is 11.5 Å². The Morgan fingerprint density at radius 2 is 2.13 bits per heavy atom. The number of benzene rings is 1. The summed E-state index contributed by atoms with van der Waals surface area (Å²) in [5.41, 5.74) is 5.26. The summed E-state index contributed by atoms with van der Waals surface area (Å²) in [7, 11) is 1.30. The zero-order chi connectivity index (χ0) is 17.0. The van der Waals surface area contributed by atoms with Crippen molar-refractivity contribution in [3.8, 4) is 11.5 Å². The number of nitrogens with two attached hydrogens (primary N) is 1. The summed E-state index contributed by atoms with van der Waals surface area (Å²) in [6, 6.07) is 4.33. The van der Waals surface area contributed by atoms with Crippen LogP contribution in [0.25, 0.3) is 0 Å². The van der Waals surface area contributed by atoms with Crippen LogP contribution in [0, 0.1) is 5.92 Å². The second kappa shape index (κ2) is 7.26. The average molecular weight is 328 g/mol. The standard InChI is InChI=1S/C15H18F2N2O4/c1-22-11-6-2-5-10(12(11)23-15(16)17)14(21)19-7-3-4-9(8-19)13(18)20/h2,5-6,9,15H,3-4,7-8H2,1H3,(H2,18,20)/t9-/m0/s1. The monoisotopic (exact) mass is 328 g/mol. The molecule has 0 unspecified atom stereocenters. The maximum Gasteiger partial charge on any atom is 0.387 e. The van der Waals surface area contributed by atoms with Crippen molar-refractivity contribution >= 4 is 11.8 Å². The highest BCUT2D eigenvalue weighted by Gasteiger charge is 2.30. The Balaban J connectivity index is 2.29. The molecule has 1 fully saturated rings. The Hall–Kier alpha value is -2.38. The maximum absolute atomic E-state index is 12.6. The number of primary amides is 1. The third-order valence-corrected chi connectivity index (χ3v) is 3.75. The number of ether oxygens (including phenoxy) is 2. The van der Waals surface area contributed by atoms with Crippen molar-refractivity contribution in [1.82, 2.24) is 4.90 Å². The molecule has 0 aliphatic carbocycles. The van der Waals surface area contributed by atoms with Crippen LogP contribution in [-0.2, 0) is 4.79 Å². The molecule has 2 N–H and O–H groups in total. The van der Waals surface area contributed by atoms with Gasteiger partial charge in [0.2, 0.25) is 5.91 Å². The molecule has 2 rings (SSSR count). The summed E-state index contributed by atoms with van der Waals surface area (Å²) >= 11 is 0. The molecule has 126 valence electrons. The molecule has 0 bridgehead atoms. The smallest absolute Gasteiger partial charge is 0.387 e. The topological polar surface area (TPSA) is 81.9 Å². The number of para-hydroxylation sites is 1. The first-order valence-corrected chi connectivity index (χ1v) is 7.14. The zero-order valence-electron chi connectivity index (χ0n) is 12.6. The summed E-state index contributed by atoms with van der Waals surface area (Å²) in [6.07, 6.45) is 1.23. The number of amides is 2. The van der Waals surface area contributed by atoms with Crippen LogP contribution in [0.1, 0.15) is 23.2 Å². The van der Waals surface area contributed by atoms with E-state index in [1.165, 1.54) is 30.2 Å². The summed E-state index contributed by atoms with van der Waals surface area (Å²) in [5.74, 6) is -1.67. The van der Waals surface area contributed by atoms with Crippen LogP contribution in [-0.4, -0.2) is 43.5 Å². The van der Waals surface area contributed by atoms with Gasteiger partial charge >= 0.3 is 6.61 Å². The first-order chi connectivity index (χ1) is 10.9. The highest BCUT2D eigenvalue weighted by atomic mass is 19.3. The molecule has 1 saturated heterocycles. The van der Waals surface area contributed by atoms with Gasteiger partial charge in [0, 0.05) is 13.1 Å². The van der Waals surface area contributed by atoms with Crippen molar-refractivity contribution in [2.24, 2.45) is 11.7 Å². The Kier molecular flexibility index (Phi) is 5.36. The van der Waals surface area contributed by atoms with Crippen molar-refractivity contribution in [2.75, 3.05) is 20.2 Å². The quantitative estimate of drug-likeness (QED) is 0.891. The fourth-order valence-corrected chi connectivity index (χ4v) is 2.62. The van der Waals surface area contributed by atoms with Crippen molar-refractivity contribution < 1.29 is 27.8 Å². The molecule has 1 aromatic carbocycles. The molecule has 0 aromatic heterocycles. The maximum atomic E-state index is 12.6. The van der Waals surface area contributed by atoms with E-state index >= 15 is 0 Å². The number of piperidine rings is 1. The predicted molar refractivity (Wildman–Crippen MR) is 77.4 cm³/mol. The lowest BCUT2D eigenvalue weighted by molar-refractivity contribution is -0.123.